The zero-order chi connectivity index (χ0) is 12.6. The van der Waals surface area contributed by atoms with Crippen LogP contribution in [-0.2, 0) is 34.3 Å². The van der Waals surface area contributed by atoms with Crippen molar-refractivity contribution in [1.29, 1.82) is 0 Å². The van der Waals surface area contributed by atoms with E-state index in [-0.39, 0.29) is 5.25 Å². The first-order valence-corrected chi connectivity index (χ1v) is 7.81. The number of aromatic nitrogens is 2. The topological polar surface area (TPSA) is 73.2 Å². The van der Waals surface area contributed by atoms with Gasteiger partial charge < -0.3 is 4.74 Å². The van der Waals surface area contributed by atoms with Crippen molar-refractivity contribution >= 4 is 10.0 Å². The van der Waals surface area contributed by atoms with Crippen molar-refractivity contribution in [2.75, 3.05) is 13.2 Å². The molecule has 1 aromatic rings. The molecule has 3 rings (SSSR count). The van der Waals surface area contributed by atoms with Crippen LogP contribution in [0.3, 0.4) is 0 Å². The van der Waals surface area contributed by atoms with Crippen molar-refractivity contribution in [2.24, 2.45) is 0 Å². The van der Waals surface area contributed by atoms with Gasteiger partial charge in [0.1, 0.15) is 0 Å². The minimum Gasteiger partial charge on any atom is -0.376 e. The highest BCUT2D eigenvalue weighted by Gasteiger charge is 2.35. The fraction of sp³-hybridized carbons (Fsp3) is 0.727. The fourth-order valence-electron chi connectivity index (χ4n) is 2.19. The molecule has 1 aliphatic carbocycles. The minimum atomic E-state index is -3.08. The molecule has 6 nitrogen and oxygen atoms in total. The SMILES string of the molecule is O=S(=O)(NCCn1ncc2c1CCOC2)C1CC1. The van der Waals surface area contributed by atoms with Gasteiger partial charge in [-0.1, -0.05) is 0 Å². The quantitative estimate of drug-likeness (QED) is 0.820. The molecule has 2 heterocycles. The number of sulfonamides is 1. The lowest BCUT2D eigenvalue weighted by Crippen LogP contribution is -2.31. The van der Waals surface area contributed by atoms with Gasteiger partial charge in [0, 0.05) is 24.2 Å². The Bertz CT molecular complexity index is 534. The Morgan fingerprint density at radius 1 is 1.50 bits per heavy atom. The molecule has 0 spiro atoms. The molecule has 7 heteroatoms. The van der Waals surface area contributed by atoms with Gasteiger partial charge in [0.25, 0.3) is 0 Å². The molecule has 100 valence electrons. The average Bonchev–Trinajstić information content (AvgIpc) is 3.14. The maximum Gasteiger partial charge on any atom is 0.214 e. The second-order valence-electron chi connectivity index (χ2n) is 4.78. The van der Waals surface area contributed by atoms with Crippen LogP contribution in [-0.4, -0.2) is 36.6 Å². The molecular weight excluding hydrogens is 254 g/mol. The van der Waals surface area contributed by atoms with Crippen molar-refractivity contribution in [2.45, 2.75) is 37.7 Å². The summed E-state index contributed by atoms with van der Waals surface area (Å²) in [6.07, 6.45) is 4.25. The van der Waals surface area contributed by atoms with E-state index in [0.29, 0.717) is 26.3 Å². The van der Waals surface area contributed by atoms with Crippen LogP contribution in [0.25, 0.3) is 0 Å². The third kappa shape index (κ3) is 2.43. The van der Waals surface area contributed by atoms with Gasteiger partial charge in [0.05, 0.1) is 31.2 Å². The molecule has 0 bridgehead atoms. The van der Waals surface area contributed by atoms with Gasteiger partial charge in [0.15, 0.2) is 0 Å². The van der Waals surface area contributed by atoms with Gasteiger partial charge in [0.2, 0.25) is 10.0 Å². The molecule has 0 atom stereocenters. The van der Waals surface area contributed by atoms with E-state index in [9.17, 15) is 8.42 Å². The number of nitrogens with zero attached hydrogens (tertiary/aromatic N) is 2. The van der Waals surface area contributed by atoms with Crippen molar-refractivity contribution < 1.29 is 13.2 Å². The first-order valence-electron chi connectivity index (χ1n) is 6.26. The molecule has 0 amide bonds. The third-order valence-corrected chi connectivity index (χ3v) is 5.32. The Morgan fingerprint density at radius 2 is 2.33 bits per heavy atom. The van der Waals surface area contributed by atoms with Crippen molar-refractivity contribution in [3.63, 3.8) is 0 Å². The highest BCUT2D eigenvalue weighted by molar-refractivity contribution is 7.90. The van der Waals surface area contributed by atoms with E-state index in [2.05, 4.69) is 9.82 Å². The minimum absolute atomic E-state index is 0.155. The van der Waals surface area contributed by atoms with Crippen molar-refractivity contribution in [3.8, 4) is 0 Å². The van der Waals surface area contributed by atoms with Crippen molar-refractivity contribution in [1.82, 2.24) is 14.5 Å². The van der Waals surface area contributed by atoms with E-state index >= 15 is 0 Å². The number of hydrogen-bond acceptors (Lipinski definition) is 4. The summed E-state index contributed by atoms with van der Waals surface area (Å²) < 4.78 is 33.2. The summed E-state index contributed by atoms with van der Waals surface area (Å²) in [6.45, 7) is 2.32. The highest BCUT2D eigenvalue weighted by Crippen LogP contribution is 2.27. The lowest BCUT2D eigenvalue weighted by atomic mass is 10.2. The van der Waals surface area contributed by atoms with Crippen LogP contribution in [0.15, 0.2) is 6.20 Å². The van der Waals surface area contributed by atoms with Crippen LogP contribution >= 0.6 is 0 Å². The maximum absolute atomic E-state index is 11.6. The molecule has 2 aliphatic rings. The van der Waals surface area contributed by atoms with E-state index in [0.717, 1.165) is 24.8 Å². The molecule has 0 saturated heterocycles. The summed E-state index contributed by atoms with van der Waals surface area (Å²) in [6, 6.07) is 0. The number of rotatable bonds is 5. The highest BCUT2D eigenvalue weighted by atomic mass is 32.2. The predicted molar refractivity (Wildman–Crippen MR) is 65.5 cm³/mol. The van der Waals surface area contributed by atoms with E-state index in [1.165, 1.54) is 5.69 Å². The average molecular weight is 271 g/mol. The van der Waals surface area contributed by atoms with Crippen LogP contribution in [0.5, 0.6) is 0 Å². The number of nitrogens with one attached hydrogen (secondary N) is 1. The van der Waals surface area contributed by atoms with Crippen molar-refractivity contribution in [3.05, 3.63) is 17.5 Å². The largest absolute Gasteiger partial charge is 0.376 e. The normalized spacial score (nSPS) is 19.8. The van der Waals surface area contributed by atoms with Crippen LogP contribution in [0.1, 0.15) is 24.1 Å². The van der Waals surface area contributed by atoms with Gasteiger partial charge in [-0.15, -0.1) is 0 Å². The smallest absolute Gasteiger partial charge is 0.214 e. The summed E-state index contributed by atoms with van der Waals surface area (Å²) >= 11 is 0. The Balaban J connectivity index is 1.58. The molecule has 1 saturated carbocycles. The molecule has 1 aromatic heterocycles. The molecular formula is C11H17N3O3S. The molecule has 0 unspecified atom stereocenters. The molecule has 1 N–H and O–H groups in total. The summed E-state index contributed by atoms with van der Waals surface area (Å²) in [4.78, 5) is 0. The monoisotopic (exact) mass is 271 g/mol. The van der Waals surface area contributed by atoms with E-state index in [4.69, 9.17) is 4.74 Å². The van der Waals surface area contributed by atoms with Crippen LogP contribution in [0.4, 0.5) is 0 Å². The van der Waals surface area contributed by atoms with Gasteiger partial charge in [-0.05, 0) is 12.8 Å². The Kier molecular flexibility index (Phi) is 3.13. The van der Waals surface area contributed by atoms with Gasteiger partial charge in [-0.2, -0.15) is 5.10 Å². The van der Waals surface area contributed by atoms with E-state index < -0.39 is 10.0 Å². The summed E-state index contributed by atoms with van der Waals surface area (Å²) in [7, 11) is -3.08. The molecule has 1 fully saturated rings. The van der Waals surface area contributed by atoms with Crippen LogP contribution in [0.2, 0.25) is 0 Å². The van der Waals surface area contributed by atoms with Gasteiger partial charge >= 0.3 is 0 Å². The Labute approximate surface area is 106 Å². The first-order chi connectivity index (χ1) is 8.67. The molecule has 18 heavy (non-hydrogen) atoms. The summed E-state index contributed by atoms with van der Waals surface area (Å²) in [5.74, 6) is 0. The predicted octanol–water partition coefficient (Wildman–Crippen LogP) is 0.0376. The van der Waals surface area contributed by atoms with E-state index in [1.54, 1.807) is 0 Å². The molecule has 0 aromatic carbocycles. The van der Waals surface area contributed by atoms with Gasteiger partial charge in [-0.3, -0.25) is 4.68 Å². The maximum atomic E-state index is 11.6. The third-order valence-electron chi connectivity index (χ3n) is 3.37. The molecule has 1 aliphatic heterocycles. The van der Waals surface area contributed by atoms with Gasteiger partial charge in [-0.25, -0.2) is 13.1 Å². The summed E-state index contributed by atoms with van der Waals surface area (Å²) in [5.41, 5.74) is 2.29. The van der Waals surface area contributed by atoms with Crippen LogP contribution < -0.4 is 4.72 Å². The Hall–Kier alpha value is -0.920. The van der Waals surface area contributed by atoms with E-state index in [1.807, 2.05) is 10.9 Å². The fourth-order valence-corrected chi connectivity index (χ4v) is 3.56. The lowest BCUT2D eigenvalue weighted by molar-refractivity contribution is 0.109. The van der Waals surface area contributed by atoms with Crippen LogP contribution in [0, 0.1) is 0 Å². The summed E-state index contributed by atoms with van der Waals surface area (Å²) in [5, 5.41) is 4.12. The number of fused-ring (bicyclic) bond motifs is 1. The first kappa shape index (κ1) is 12.1. The lowest BCUT2D eigenvalue weighted by Gasteiger charge is -2.14. The zero-order valence-electron chi connectivity index (χ0n) is 10.1. The second kappa shape index (κ2) is 4.64. The second-order valence-corrected chi connectivity index (χ2v) is 6.83. The Morgan fingerprint density at radius 3 is 3.11 bits per heavy atom. The number of ether oxygens (including phenoxy) is 1. The standard InChI is InChI=1S/C11H17N3O3S/c15-18(16,10-1-2-10)13-4-5-14-11-3-6-17-8-9(11)7-12-14/h7,10,13H,1-6,8H2. The number of hydrogen-bond donors (Lipinski definition) is 1. The molecule has 0 radical (unpaired) electrons. The zero-order valence-corrected chi connectivity index (χ0v) is 10.9.